The number of methoxy groups -OCH3 is 1. The van der Waals surface area contributed by atoms with Crippen molar-refractivity contribution in [3.8, 4) is 5.75 Å². The maximum Gasteiger partial charge on any atom is 0.243 e. The van der Waals surface area contributed by atoms with Gasteiger partial charge in [-0.15, -0.1) is 0 Å². The van der Waals surface area contributed by atoms with Crippen molar-refractivity contribution < 1.29 is 14.3 Å². The van der Waals surface area contributed by atoms with Crippen LogP contribution >= 0.6 is 0 Å². The Morgan fingerprint density at radius 2 is 2.15 bits per heavy atom. The highest BCUT2D eigenvalue weighted by molar-refractivity contribution is 5.84. The topological polar surface area (TPSA) is 75.2 Å². The third-order valence-corrected chi connectivity index (χ3v) is 4.33. The summed E-state index contributed by atoms with van der Waals surface area (Å²) in [6.45, 7) is 3.20. The van der Waals surface area contributed by atoms with Gasteiger partial charge in [-0.25, -0.2) is 4.99 Å². The van der Waals surface area contributed by atoms with Crippen molar-refractivity contribution in [1.29, 1.82) is 0 Å². The molecule has 1 heterocycles. The molecule has 1 aliphatic rings. The number of likely N-dealkylation sites (N-methyl/N-ethyl adjacent to an activating group) is 1. The molecule has 1 saturated heterocycles. The van der Waals surface area contributed by atoms with Crippen LogP contribution in [0.25, 0.3) is 0 Å². The van der Waals surface area contributed by atoms with Gasteiger partial charge in [0.15, 0.2) is 5.96 Å². The first-order chi connectivity index (χ1) is 12.6. The number of nitrogens with zero attached hydrogens (tertiary/aromatic N) is 2. The fourth-order valence-corrected chi connectivity index (χ4v) is 2.67. The molecule has 0 bridgehead atoms. The Hall–Kier alpha value is -2.28. The molecule has 1 atom stereocenters. The van der Waals surface area contributed by atoms with E-state index in [-0.39, 0.29) is 12.5 Å². The minimum absolute atomic E-state index is 0.0278. The van der Waals surface area contributed by atoms with E-state index in [0.717, 1.165) is 43.9 Å². The Bertz CT molecular complexity index is 598. The number of ether oxygens (including phenoxy) is 2. The smallest absolute Gasteiger partial charge is 0.243 e. The molecule has 7 nitrogen and oxygen atoms in total. The number of rotatable bonds is 8. The highest BCUT2D eigenvalue weighted by Crippen LogP contribution is 2.17. The zero-order valence-corrected chi connectivity index (χ0v) is 16.0. The molecule has 0 saturated carbocycles. The van der Waals surface area contributed by atoms with Gasteiger partial charge >= 0.3 is 0 Å². The molecule has 1 unspecified atom stereocenters. The Kier molecular flexibility index (Phi) is 8.21. The summed E-state index contributed by atoms with van der Waals surface area (Å²) in [5, 5.41) is 6.64. The van der Waals surface area contributed by atoms with Gasteiger partial charge in [-0.3, -0.25) is 4.79 Å². The van der Waals surface area contributed by atoms with Gasteiger partial charge in [0.2, 0.25) is 5.91 Å². The van der Waals surface area contributed by atoms with Gasteiger partial charge in [0.25, 0.3) is 0 Å². The van der Waals surface area contributed by atoms with Crippen molar-refractivity contribution in [2.24, 2.45) is 10.9 Å². The molecule has 1 aromatic carbocycles. The molecule has 1 amide bonds. The maximum atomic E-state index is 11.8. The second kappa shape index (κ2) is 10.7. The summed E-state index contributed by atoms with van der Waals surface area (Å²) in [5.74, 6) is 1.99. The van der Waals surface area contributed by atoms with Gasteiger partial charge in [0, 0.05) is 39.7 Å². The monoisotopic (exact) mass is 362 g/mol. The molecule has 0 aliphatic carbocycles. The van der Waals surface area contributed by atoms with Gasteiger partial charge < -0.3 is 25.0 Å². The van der Waals surface area contributed by atoms with Crippen LogP contribution in [0, 0.1) is 5.92 Å². The van der Waals surface area contributed by atoms with E-state index in [2.05, 4.69) is 21.7 Å². The van der Waals surface area contributed by atoms with Gasteiger partial charge in [-0.05, 0) is 24.5 Å². The van der Waals surface area contributed by atoms with Crippen LogP contribution in [0.2, 0.25) is 0 Å². The van der Waals surface area contributed by atoms with E-state index in [0.29, 0.717) is 18.4 Å². The number of carbonyl (C=O) groups is 1. The van der Waals surface area contributed by atoms with Crippen molar-refractivity contribution >= 4 is 11.9 Å². The number of benzene rings is 1. The fraction of sp³-hybridized carbons (Fsp3) is 0.579. The first kappa shape index (κ1) is 20.0. The third-order valence-electron chi connectivity index (χ3n) is 4.33. The Balaban J connectivity index is 1.89. The molecule has 26 heavy (non-hydrogen) atoms. The van der Waals surface area contributed by atoms with Gasteiger partial charge in [-0.1, -0.05) is 18.2 Å². The average molecular weight is 362 g/mol. The van der Waals surface area contributed by atoms with Crippen molar-refractivity contribution in [1.82, 2.24) is 15.5 Å². The summed E-state index contributed by atoms with van der Waals surface area (Å²) < 4.78 is 10.8. The predicted octanol–water partition coefficient (Wildman–Crippen LogP) is 0.898. The molecular formula is C19H30N4O3. The van der Waals surface area contributed by atoms with E-state index >= 15 is 0 Å². The van der Waals surface area contributed by atoms with Crippen molar-refractivity contribution in [2.75, 3.05) is 54.1 Å². The lowest BCUT2D eigenvalue weighted by Gasteiger charge is -2.16. The molecule has 7 heteroatoms. The molecule has 0 aromatic heterocycles. The van der Waals surface area contributed by atoms with Gasteiger partial charge in [0.1, 0.15) is 12.3 Å². The number of nitrogens with one attached hydrogen (secondary N) is 2. The van der Waals surface area contributed by atoms with Crippen LogP contribution in [0.4, 0.5) is 0 Å². The summed E-state index contributed by atoms with van der Waals surface area (Å²) >= 11 is 0. The zero-order chi connectivity index (χ0) is 18.8. The Labute approximate surface area is 155 Å². The Morgan fingerprint density at radius 3 is 2.85 bits per heavy atom. The van der Waals surface area contributed by atoms with Crippen molar-refractivity contribution in [3.05, 3.63) is 29.8 Å². The van der Waals surface area contributed by atoms with E-state index in [9.17, 15) is 4.79 Å². The number of para-hydroxylation sites is 1. The zero-order valence-electron chi connectivity index (χ0n) is 16.0. The Morgan fingerprint density at radius 1 is 1.35 bits per heavy atom. The minimum Gasteiger partial charge on any atom is -0.496 e. The minimum atomic E-state index is -0.0278. The highest BCUT2D eigenvalue weighted by atomic mass is 16.5. The normalized spacial score (nSPS) is 17.0. The lowest BCUT2D eigenvalue weighted by Crippen LogP contribution is -2.41. The average Bonchev–Trinajstić information content (AvgIpc) is 3.17. The number of guanidine groups is 1. The molecule has 1 aromatic rings. The maximum absolute atomic E-state index is 11.8. The second-order valence-corrected chi connectivity index (χ2v) is 6.55. The SMILES string of the molecule is COc1ccccc1CCNC(=NCC(=O)N(C)C)NCC1CCOC1. The highest BCUT2D eigenvalue weighted by Gasteiger charge is 2.16. The second-order valence-electron chi connectivity index (χ2n) is 6.55. The summed E-state index contributed by atoms with van der Waals surface area (Å²) in [6.07, 6.45) is 1.86. The number of hydrogen-bond donors (Lipinski definition) is 2. The van der Waals surface area contributed by atoms with Crippen LogP contribution in [-0.4, -0.2) is 70.8 Å². The molecule has 0 spiro atoms. The van der Waals surface area contributed by atoms with Crippen LogP contribution in [0.5, 0.6) is 5.75 Å². The predicted molar refractivity (Wildman–Crippen MR) is 103 cm³/mol. The summed E-state index contributed by atoms with van der Waals surface area (Å²) in [4.78, 5) is 17.8. The van der Waals surface area contributed by atoms with E-state index in [1.807, 2.05) is 18.2 Å². The quantitative estimate of drug-likeness (QED) is 0.531. The number of amides is 1. The molecule has 1 fully saturated rings. The van der Waals surface area contributed by atoms with Gasteiger partial charge in [-0.2, -0.15) is 0 Å². The molecule has 1 aliphatic heterocycles. The van der Waals surface area contributed by atoms with Crippen LogP contribution in [0.1, 0.15) is 12.0 Å². The number of aliphatic imine (C=N–C) groups is 1. The third kappa shape index (κ3) is 6.55. The van der Waals surface area contributed by atoms with Crippen LogP contribution in [-0.2, 0) is 16.0 Å². The fourth-order valence-electron chi connectivity index (χ4n) is 2.67. The molecule has 2 N–H and O–H groups in total. The van der Waals surface area contributed by atoms with E-state index in [1.54, 1.807) is 26.1 Å². The van der Waals surface area contributed by atoms with Crippen molar-refractivity contribution in [3.63, 3.8) is 0 Å². The van der Waals surface area contributed by atoms with Crippen LogP contribution in [0.15, 0.2) is 29.3 Å². The van der Waals surface area contributed by atoms with Crippen LogP contribution in [0.3, 0.4) is 0 Å². The van der Waals surface area contributed by atoms with Crippen molar-refractivity contribution in [2.45, 2.75) is 12.8 Å². The van der Waals surface area contributed by atoms with E-state index in [1.165, 1.54) is 0 Å². The van der Waals surface area contributed by atoms with E-state index in [4.69, 9.17) is 9.47 Å². The molecule has 2 rings (SSSR count). The van der Waals surface area contributed by atoms with Crippen LogP contribution < -0.4 is 15.4 Å². The largest absolute Gasteiger partial charge is 0.496 e. The lowest BCUT2D eigenvalue weighted by atomic mass is 10.1. The first-order valence-corrected chi connectivity index (χ1v) is 9.02. The summed E-state index contributed by atoms with van der Waals surface area (Å²) in [5.41, 5.74) is 1.13. The first-order valence-electron chi connectivity index (χ1n) is 9.02. The molecule has 0 radical (unpaired) electrons. The molecule has 144 valence electrons. The summed E-state index contributed by atoms with van der Waals surface area (Å²) in [6, 6.07) is 7.97. The number of hydrogen-bond acceptors (Lipinski definition) is 4. The number of carbonyl (C=O) groups excluding carboxylic acids is 1. The standard InChI is InChI=1S/C19H30N4O3/c1-23(2)18(24)13-22-19(21-12-15-9-11-26-14-15)20-10-8-16-6-4-5-7-17(16)25-3/h4-7,15H,8-14H2,1-3H3,(H2,20,21,22). The molecular weight excluding hydrogens is 332 g/mol. The summed E-state index contributed by atoms with van der Waals surface area (Å²) in [7, 11) is 5.14. The lowest BCUT2D eigenvalue weighted by molar-refractivity contribution is -0.127. The van der Waals surface area contributed by atoms with E-state index < -0.39 is 0 Å². The van der Waals surface area contributed by atoms with Gasteiger partial charge in [0.05, 0.1) is 13.7 Å².